The first-order valence-electron chi connectivity index (χ1n) is 7.14. The topological polar surface area (TPSA) is 54.2 Å². The summed E-state index contributed by atoms with van der Waals surface area (Å²) in [5, 5.41) is 15.4. The van der Waals surface area contributed by atoms with E-state index in [9.17, 15) is 17.6 Å². The third kappa shape index (κ3) is 4.21. The van der Waals surface area contributed by atoms with E-state index in [1.807, 2.05) is 6.92 Å². The zero-order valence-electron chi connectivity index (χ0n) is 12.7. The molecule has 8 heteroatoms. The van der Waals surface area contributed by atoms with E-state index < -0.39 is 40.4 Å². The van der Waals surface area contributed by atoms with Gasteiger partial charge in [0.05, 0.1) is 6.61 Å². The number of aromatic hydroxyl groups is 1. The minimum atomic E-state index is -1.21. The number of phenolic OH excluding ortho intramolecular Hbond substituents is 1. The Morgan fingerprint density at radius 1 is 0.875 bits per heavy atom. The molecule has 2 rings (SSSR count). The first kappa shape index (κ1) is 17.7. The van der Waals surface area contributed by atoms with Crippen molar-refractivity contribution in [3.63, 3.8) is 0 Å². The summed E-state index contributed by atoms with van der Waals surface area (Å²) in [4.78, 5) is 0. The monoisotopic (exact) mass is 342 g/mol. The number of nitrogens with zero attached hydrogens (tertiary/aromatic N) is 2. The number of benzene rings is 2. The van der Waals surface area contributed by atoms with Crippen molar-refractivity contribution in [3.05, 3.63) is 47.5 Å². The molecule has 2 aromatic carbocycles. The first-order valence-corrected chi connectivity index (χ1v) is 7.14. The highest BCUT2D eigenvalue weighted by Gasteiger charge is 2.14. The molecule has 0 fully saturated rings. The molecule has 128 valence electrons. The Kier molecular flexibility index (Phi) is 5.73. The fraction of sp³-hybridized carbons (Fsp3) is 0.250. The van der Waals surface area contributed by atoms with Gasteiger partial charge >= 0.3 is 0 Å². The number of unbranched alkanes of at least 4 members (excludes halogenated alkanes) is 1. The average Bonchev–Trinajstić information content (AvgIpc) is 2.48. The Hall–Kier alpha value is -2.64. The Morgan fingerprint density at radius 3 is 1.79 bits per heavy atom. The number of phenols is 1. The smallest absolute Gasteiger partial charge is 0.157 e. The van der Waals surface area contributed by atoms with Crippen molar-refractivity contribution >= 4 is 11.4 Å². The van der Waals surface area contributed by atoms with Crippen molar-refractivity contribution in [3.8, 4) is 11.5 Å². The molecule has 0 bridgehead atoms. The van der Waals surface area contributed by atoms with Gasteiger partial charge in [0.25, 0.3) is 0 Å². The van der Waals surface area contributed by atoms with Crippen LogP contribution in [0.5, 0.6) is 11.5 Å². The SMILES string of the molecule is CCCCOc1cc(F)c(/N=N/c2c(F)cc(O)cc2F)c(F)c1. The zero-order chi connectivity index (χ0) is 17.7. The average molecular weight is 342 g/mol. The third-order valence-electron chi connectivity index (χ3n) is 3.01. The van der Waals surface area contributed by atoms with Crippen LogP contribution in [-0.2, 0) is 0 Å². The van der Waals surface area contributed by atoms with Crippen molar-refractivity contribution in [2.24, 2.45) is 10.2 Å². The van der Waals surface area contributed by atoms with Crippen LogP contribution < -0.4 is 4.74 Å². The van der Waals surface area contributed by atoms with Crippen molar-refractivity contribution in [2.75, 3.05) is 6.61 Å². The predicted molar refractivity (Wildman–Crippen MR) is 79.0 cm³/mol. The van der Waals surface area contributed by atoms with Crippen LogP contribution >= 0.6 is 0 Å². The minimum absolute atomic E-state index is 0.0144. The number of hydrogen-bond acceptors (Lipinski definition) is 4. The second-order valence-corrected chi connectivity index (χ2v) is 4.90. The lowest BCUT2D eigenvalue weighted by Gasteiger charge is -2.07. The number of ether oxygens (including phenoxy) is 1. The summed E-state index contributed by atoms with van der Waals surface area (Å²) in [6.07, 6.45) is 1.59. The predicted octanol–water partition coefficient (Wildman–Crippen LogP) is 5.54. The van der Waals surface area contributed by atoms with Crippen LogP contribution in [0.15, 0.2) is 34.5 Å². The summed E-state index contributed by atoms with van der Waals surface area (Å²) in [6, 6.07) is 3.04. The summed E-state index contributed by atoms with van der Waals surface area (Å²) in [7, 11) is 0. The first-order chi connectivity index (χ1) is 11.4. The summed E-state index contributed by atoms with van der Waals surface area (Å²) in [6.45, 7) is 2.25. The van der Waals surface area contributed by atoms with Gasteiger partial charge in [-0.1, -0.05) is 13.3 Å². The van der Waals surface area contributed by atoms with E-state index in [4.69, 9.17) is 9.84 Å². The van der Waals surface area contributed by atoms with Crippen molar-refractivity contribution in [2.45, 2.75) is 19.8 Å². The van der Waals surface area contributed by atoms with Gasteiger partial charge in [0.15, 0.2) is 34.6 Å². The summed E-state index contributed by atoms with van der Waals surface area (Å²) in [5.74, 6) is -5.24. The van der Waals surface area contributed by atoms with Crippen LogP contribution in [-0.4, -0.2) is 11.7 Å². The Morgan fingerprint density at radius 2 is 1.33 bits per heavy atom. The van der Waals surface area contributed by atoms with Crippen molar-refractivity contribution < 1.29 is 27.4 Å². The fourth-order valence-corrected chi connectivity index (χ4v) is 1.80. The molecular formula is C16H14F4N2O2. The lowest BCUT2D eigenvalue weighted by atomic mass is 10.2. The van der Waals surface area contributed by atoms with Gasteiger partial charge in [-0.05, 0) is 6.42 Å². The molecule has 4 nitrogen and oxygen atoms in total. The van der Waals surface area contributed by atoms with Crippen LogP contribution in [0.3, 0.4) is 0 Å². The molecule has 0 spiro atoms. The van der Waals surface area contributed by atoms with E-state index in [-0.39, 0.29) is 5.75 Å². The molecule has 0 saturated heterocycles. The molecule has 0 amide bonds. The van der Waals surface area contributed by atoms with E-state index in [0.717, 1.165) is 25.0 Å². The van der Waals surface area contributed by atoms with Crippen LogP contribution in [0, 0.1) is 23.3 Å². The van der Waals surface area contributed by atoms with Gasteiger partial charge in [-0.3, -0.25) is 0 Å². The number of hydrogen-bond donors (Lipinski definition) is 1. The van der Waals surface area contributed by atoms with Crippen LogP contribution in [0.25, 0.3) is 0 Å². The van der Waals surface area contributed by atoms with E-state index in [1.165, 1.54) is 0 Å². The molecule has 2 aromatic rings. The Labute approximate surface area is 135 Å². The lowest BCUT2D eigenvalue weighted by Crippen LogP contribution is -1.97. The highest BCUT2D eigenvalue weighted by molar-refractivity contribution is 5.47. The quantitative estimate of drug-likeness (QED) is 0.425. The zero-order valence-corrected chi connectivity index (χ0v) is 12.7. The summed E-state index contributed by atoms with van der Waals surface area (Å²) in [5.41, 5.74) is -1.67. The maximum atomic E-state index is 13.9. The molecule has 0 aliphatic rings. The summed E-state index contributed by atoms with van der Waals surface area (Å²) >= 11 is 0. The molecule has 0 radical (unpaired) electrons. The number of azo groups is 1. The normalized spacial score (nSPS) is 11.2. The molecule has 0 atom stereocenters. The highest BCUT2D eigenvalue weighted by Crippen LogP contribution is 2.32. The number of rotatable bonds is 6. The second kappa shape index (κ2) is 7.76. The standard InChI is InChI=1S/C16H14F4N2O2/c1-2-3-4-24-10-7-13(19)16(14(20)8-10)22-21-15-11(17)5-9(23)6-12(15)18/h5-8,23H,2-4H2,1H3/b22-21+. The van der Waals surface area contributed by atoms with Crippen molar-refractivity contribution in [1.82, 2.24) is 0 Å². The number of halogens is 4. The van der Waals surface area contributed by atoms with E-state index in [0.29, 0.717) is 18.7 Å². The molecule has 1 N–H and O–H groups in total. The minimum Gasteiger partial charge on any atom is -0.508 e. The van der Waals surface area contributed by atoms with Crippen molar-refractivity contribution in [1.29, 1.82) is 0 Å². The van der Waals surface area contributed by atoms with E-state index in [2.05, 4.69) is 10.2 Å². The Bertz CT molecular complexity index is 720. The fourth-order valence-electron chi connectivity index (χ4n) is 1.80. The largest absolute Gasteiger partial charge is 0.508 e. The van der Waals surface area contributed by atoms with Gasteiger partial charge < -0.3 is 9.84 Å². The molecule has 0 aromatic heterocycles. The van der Waals surface area contributed by atoms with Gasteiger partial charge in [0.2, 0.25) is 0 Å². The van der Waals surface area contributed by atoms with E-state index >= 15 is 0 Å². The Balaban J connectivity index is 2.27. The van der Waals surface area contributed by atoms with Gasteiger partial charge in [0, 0.05) is 24.3 Å². The molecule has 0 unspecified atom stereocenters. The molecule has 24 heavy (non-hydrogen) atoms. The van der Waals surface area contributed by atoms with Gasteiger partial charge in [-0.25, -0.2) is 17.6 Å². The van der Waals surface area contributed by atoms with Gasteiger partial charge in [-0.2, -0.15) is 0 Å². The molecule has 0 saturated carbocycles. The van der Waals surface area contributed by atoms with Crippen LogP contribution in [0.1, 0.15) is 19.8 Å². The maximum Gasteiger partial charge on any atom is 0.157 e. The summed E-state index contributed by atoms with van der Waals surface area (Å²) < 4.78 is 59.9. The van der Waals surface area contributed by atoms with Gasteiger partial charge in [0.1, 0.15) is 11.5 Å². The highest BCUT2D eigenvalue weighted by atomic mass is 19.1. The van der Waals surface area contributed by atoms with Crippen LogP contribution in [0.4, 0.5) is 28.9 Å². The molecule has 0 aliphatic carbocycles. The third-order valence-corrected chi connectivity index (χ3v) is 3.01. The van der Waals surface area contributed by atoms with E-state index in [1.54, 1.807) is 0 Å². The molecule has 0 heterocycles. The van der Waals surface area contributed by atoms with Crippen LogP contribution in [0.2, 0.25) is 0 Å². The molecular weight excluding hydrogens is 328 g/mol. The van der Waals surface area contributed by atoms with Gasteiger partial charge in [-0.15, -0.1) is 10.2 Å². The molecule has 0 aliphatic heterocycles. The maximum absolute atomic E-state index is 13.9. The second-order valence-electron chi connectivity index (χ2n) is 4.90. The lowest BCUT2D eigenvalue weighted by molar-refractivity contribution is 0.306.